The number of rotatable bonds is 12. The number of β-lactam (4-membered cyclic amide) rings is 1. The molecule has 2 atom stereocenters. The van der Waals surface area contributed by atoms with Crippen LogP contribution < -0.4 is 51.7 Å². The van der Waals surface area contributed by atoms with Gasteiger partial charge in [-0.2, -0.15) is 8.42 Å². The summed E-state index contributed by atoms with van der Waals surface area (Å²) in [5, 5.41) is 20.2. The number of hydrogen-bond acceptors (Lipinski definition) is 14. The van der Waals surface area contributed by atoms with E-state index in [-0.39, 0.29) is 58.4 Å². The van der Waals surface area contributed by atoms with E-state index < -0.39 is 69.0 Å². The molecule has 22 heteroatoms. The number of aromatic nitrogens is 1. The zero-order valence-corrected chi connectivity index (χ0v) is 26.4. The van der Waals surface area contributed by atoms with Crippen molar-refractivity contribution in [2.75, 3.05) is 12.3 Å². The molecule has 2 aromatic rings. The molecule has 3 rings (SSSR count). The van der Waals surface area contributed by atoms with Crippen molar-refractivity contribution in [1.29, 1.82) is 0 Å². The molecule has 19 nitrogen and oxygen atoms in total. The number of nitrogen functional groups attached to an aromatic ring is 1. The molecule has 0 aliphatic carbocycles. The number of benzene rings is 1. The van der Waals surface area contributed by atoms with Crippen LogP contribution in [0.4, 0.5) is 15.6 Å². The van der Waals surface area contributed by atoms with Gasteiger partial charge in [-0.25, -0.2) is 18.9 Å². The summed E-state index contributed by atoms with van der Waals surface area (Å²) in [6.45, 7) is 1.72. The number of ether oxygens (including phenoxy) is 1. The van der Waals surface area contributed by atoms with Gasteiger partial charge in [0.2, 0.25) is 5.60 Å². The second kappa shape index (κ2) is 14.1. The predicted octanol–water partition coefficient (Wildman–Crippen LogP) is -3.84. The van der Waals surface area contributed by atoms with Crippen molar-refractivity contribution in [1.82, 2.24) is 19.9 Å². The number of esters is 1. The maximum Gasteiger partial charge on any atom is 1.00 e. The van der Waals surface area contributed by atoms with Crippen LogP contribution >= 0.6 is 11.3 Å². The molecule has 2 unspecified atom stereocenters. The first-order valence-electron chi connectivity index (χ1n) is 11.5. The zero-order chi connectivity index (χ0) is 31.4. The van der Waals surface area contributed by atoms with Crippen LogP contribution in [0.1, 0.15) is 26.5 Å². The summed E-state index contributed by atoms with van der Waals surface area (Å²) in [6.07, 6.45) is 0. The van der Waals surface area contributed by atoms with Crippen LogP contribution in [0.5, 0.6) is 0 Å². The molecule has 228 valence electrons. The van der Waals surface area contributed by atoms with E-state index in [9.17, 15) is 42.3 Å². The van der Waals surface area contributed by atoms with Gasteiger partial charge in [-0.15, -0.1) is 11.3 Å². The first kappa shape index (κ1) is 35.3. The molecule has 4 amide bonds. The summed E-state index contributed by atoms with van der Waals surface area (Å²) in [7, 11) is -5.04. The molecule has 0 spiro atoms. The van der Waals surface area contributed by atoms with Gasteiger partial charge in [0.05, 0.1) is 11.0 Å². The third kappa shape index (κ3) is 8.81. The van der Waals surface area contributed by atoms with Crippen LogP contribution in [0.15, 0.2) is 34.8 Å². The number of anilines is 1. The van der Waals surface area contributed by atoms with E-state index >= 15 is 0 Å². The number of carbonyl (C=O) groups excluding carboxylic acids is 4. The van der Waals surface area contributed by atoms with E-state index in [1.807, 2.05) is 0 Å². The Morgan fingerprint density at radius 3 is 2.44 bits per heavy atom. The molecule has 2 heterocycles. The number of oxime groups is 1. The van der Waals surface area contributed by atoms with E-state index in [0.717, 1.165) is 11.3 Å². The van der Waals surface area contributed by atoms with Gasteiger partial charge in [0.1, 0.15) is 18.3 Å². The molecule has 7 N–H and O–H groups in total. The van der Waals surface area contributed by atoms with Gasteiger partial charge in [0, 0.05) is 24.1 Å². The summed E-state index contributed by atoms with van der Waals surface area (Å²) in [5.41, 5.74) is 8.43. The quantitative estimate of drug-likeness (QED) is 0.0280. The topological polar surface area (TPSA) is 289 Å². The smallest absolute Gasteiger partial charge is 1.00 e. The fraction of sp³-hybridized carbons (Fsp3) is 0.333. The normalized spacial score (nSPS) is 16.8. The zero-order valence-electron chi connectivity index (χ0n) is 23.7. The molecule has 0 radical (unpaired) electrons. The maximum absolute atomic E-state index is 13.2. The first-order chi connectivity index (χ1) is 19.5. The van der Waals surface area contributed by atoms with Crippen LogP contribution in [0.2, 0.25) is 0 Å². The Kier molecular flexibility index (Phi) is 11.5. The third-order valence-electron chi connectivity index (χ3n) is 5.54. The average molecular weight is 653 g/mol. The van der Waals surface area contributed by atoms with Gasteiger partial charge in [0.15, 0.2) is 10.8 Å². The van der Waals surface area contributed by atoms with Crippen molar-refractivity contribution in [2.45, 2.75) is 38.1 Å². The minimum absolute atomic E-state index is 0. The van der Waals surface area contributed by atoms with Gasteiger partial charge in [-0.05, 0) is 31.5 Å². The largest absolute Gasteiger partial charge is 1.00 e. The minimum Gasteiger partial charge on any atom is -1.00 e. The number of carbonyl (C=O) groups is 4. The van der Waals surface area contributed by atoms with Gasteiger partial charge < -0.3 is 33.1 Å². The van der Waals surface area contributed by atoms with E-state index in [0.29, 0.717) is 5.56 Å². The number of urea groups is 1. The van der Waals surface area contributed by atoms with Crippen LogP contribution in [-0.4, -0.2) is 80.9 Å². The molecule has 1 aromatic heterocycles. The second-order valence-corrected chi connectivity index (χ2v) is 11.2. The van der Waals surface area contributed by atoms with Crippen LogP contribution in [0.3, 0.4) is 0 Å². The molecule has 43 heavy (non-hydrogen) atoms. The Balaban J connectivity index is 0.00000484. The number of non-ortho nitro benzene ring substituents is 1. The summed E-state index contributed by atoms with van der Waals surface area (Å²) >= 11 is 0.921. The van der Waals surface area contributed by atoms with Gasteiger partial charge >= 0.3 is 51.9 Å². The van der Waals surface area contributed by atoms with E-state index in [1.165, 1.54) is 43.5 Å². The number of nitrogens with two attached hydrogens (primary N) is 2. The molecule has 1 aliphatic rings. The summed E-state index contributed by atoms with van der Waals surface area (Å²) in [5.74, 6) is -3.28. The molecule has 0 saturated carbocycles. The molecule has 1 aromatic carbocycles. The summed E-state index contributed by atoms with van der Waals surface area (Å²) in [4.78, 5) is 68.8. The number of nitro benzene ring substituents is 1. The standard InChI is InChI=1S/C21H24N8O11S2.Na.H/c1-21(2,18(32)39-8-10-3-5-11(6-4-10)29(34)35)40-27-14(12-9-41-20(23)25-12)16(30)26-15-13(7-24-19(22)33)28(17(15)31)42(36,37)38;;/h3-6,9,13,15H,7-8H2,1-2H3,(H2,23,25)(H,26,30)(H3,22,24,33)(H,36,37,38);;/q;+1;-1/b27-14-;;. The van der Waals surface area contributed by atoms with Crippen LogP contribution in [0, 0.1) is 10.1 Å². The number of nitrogens with zero attached hydrogens (tertiary/aromatic N) is 4. The fourth-order valence-electron chi connectivity index (χ4n) is 3.41. The van der Waals surface area contributed by atoms with E-state index in [1.54, 1.807) is 0 Å². The van der Waals surface area contributed by atoms with Gasteiger partial charge in [-0.1, -0.05) is 5.16 Å². The number of primary amides is 1. The Hall–Kier alpha value is -3.89. The Morgan fingerprint density at radius 2 is 1.93 bits per heavy atom. The van der Waals surface area contributed by atoms with E-state index in [2.05, 4.69) is 20.8 Å². The Morgan fingerprint density at radius 1 is 1.30 bits per heavy atom. The molecule has 1 fully saturated rings. The Bertz CT molecular complexity index is 1550. The van der Waals surface area contributed by atoms with Crippen molar-refractivity contribution < 1.29 is 77.6 Å². The predicted molar refractivity (Wildman–Crippen MR) is 144 cm³/mol. The van der Waals surface area contributed by atoms with Crippen molar-refractivity contribution in [3.63, 3.8) is 0 Å². The first-order valence-corrected chi connectivity index (χ1v) is 13.8. The molecule has 1 saturated heterocycles. The number of amides is 4. The molecule has 1 aliphatic heterocycles. The molecular formula is C21H25N8NaO11S2. The van der Waals surface area contributed by atoms with Gasteiger partial charge in [0.25, 0.3) is 17.5 Å². The van der Waals surface area contributed by atoms with Crippen molar-refractivity contribution >= 4 is 62.0 Å². The second-order valence-electron chi connectivity index (χ2n) is 8.99. The van der Waals surface area contributed by atoms with Crippen LogP contribution in [0.25, 0.3) is 0 Å². The summed E-state index contributed by atoms with van der Waals surface area (Å²) < 4.78 is 37.8. The maximum atomic E-state index is 13.2. The molecular weight excluding hydrogens is 627 g/mol. The number of nitrogens with one attached hydrogen (secondary N) is 2. The fourth-order valence-corrected chi connectivity index (χ4v) is 4.84. The van der Waals surface area contributed by atoms with Crippen LogP contribution in [-0.2, 0) is 40.9 Å². The molecule has 0 bridgehead atoms. The van der Waals surface area contributed by atoms with Crippen molar-refractivity contribution in [2.24, 2.45) is 10.9 Å². The summed E-state index contributed by atoms with van der Waals surface area (Å²) in [6, 6.07) is 1.18. The third-order valence-corrected chi connectivity index (χ3v) is 7.17. The minimum atomic E-state index is -5.04. The Labute approximate surface area is 270 Å². The monoisotopic (exact) mass is 652 g/mol. The SMILES string of the molecule is CC(C)(O/N=C(\C(=O)NC1C(=O)N(S(=O)(=O)O)C1CNC(N)=O)c1csc(N)n1)C(=O)OCc1ccc([N+](=O)[O-])cc1.[H-].[Na+]. The number of hydrogen-bond donors (Lipinski definition) is 5. The van der Waals surface area contributed by atoms with E-state index in [4.69, 9.17) is 21.0 Å². The van der Waals surface area contributed by atoms with Gasteiger partial charge in [-0.3, -0.25) is 24.3 Å². The van der Waals surface area contributed by atoms with Crippen molar-refractivity contribution in [3.05, 3.63) is 51.0 Å². The number of nitro groups is 1. The van der Waals surface area contributed by atoms with Crippen molar-refractivity contribution in [3.8, 4) is 0 Å². The number of thiazole rings is 1. The average Bonchev–Trinajstić information content (AvgIpc) is 3.32.